The topological polar surface area (TPSA) is 107 Å². The van der Waals surface area contributed by atoms with E-state index in [4.69, 9.17) is 14.2 Å². The highest BCUT2D eigenvalue weighted by Crippen LogP contribution is 2.37. The van der Waals surface area contributed by atoms with E-state index in [1.165, 1.54) is 10.1 Å². The van der Waals surface area contributed by atoms with E-state index in [2.05, 4.69) is 34.4 Å². The summed E-state index contributed by atoms with van der Waals surface area (Å²) >= 11 is 0. The number of benzene rings is 2. The van der Waals surface area contributed by atoms with Crippen molar-refractivity contribution in [3.63, 3.8) is 0 Å². The molecule has 1 aliphatic heterocycles. The van der Waals surface area contributed by atoms with Crippen LogP contribution in [0.25, 0.3) is 10.9 Å². The smallest absolute Gasteiger partial charge is 0.325 e. The lowest BCUT2D eigenvalue weighted by atomic mass is 9.90. The first-order valence-corrected chi connectivity index (χ1v) is 14.1. The fourth-order valence-electron chi connectivity index (χ4n) is 4.93. The van der Waals surface area contributed by atoms with Crippen molar-refractivity contribution in [3.05, 3.63) is 78.1 Å². The van der Waals surface area contributed by atoms with E-state index in [0.717, 1.165) is 18.5 Å². The Labute approximate surface area is 245 Å². The largest absolute Gasteiger partial charge is 0.490 e. The monoisotopic (exact) mass is 571 g/mol. The number of rotatable bonds is 11. The van der Waals surface area contributed by atoms with Crippen molar-refractivity contribution < 1.29 is 23.8 Å². The molecule has 4 aromatic rings. The molecule has 0 unspecified atom stereocenters. The van der Waals surface area contributed by atoms with Gasteiger partial charge >= 0.3 is 6.03 Å². The van der Waals surface area contributed by atoms with Crippen molar-refractivity contribution in [1.82, 2.24) is 19.8 Å². The van der Waals surface area contributed by atoms with Gasteiger partial charge in [-0.1, -0.05) is 12.1 Å². The van der Waals surface area contributed by atoms with E-state index >= 15 is 0 Å². The summed E-state index contributed by atoms with van der Waals surface area (Å²) in [6, 6.07) is 16.9. The molecule has 3 heterocycles. The van der Waals surface area contributed by atoms with Crippen LogP contribution in [0, 0.1) is 0 Å². The van der Waals surface area contributed by atoms with Crippen molar-refractivity contribution in [3.8, 4) is 17.2 Å². The van der Waals surface area contributed by atoms with Crippen LogP contribution in [0.15, 0.2) is 67.0 Å². The van der Waals surface area contributed by atoms with Crippen molar-refractivity contribution in [2.75, 3.05) is 45.8 Å². The molecular formula is C32H37N5O5. The van der Waals surface area contributed by atoms with Gasteiger partial charge in [0.2, 0.25) is 0 Å². The molecule has 5 rings (SSSR count). The lowest BCUT2D eigenvalue weighted by Crippen LogP contribution is -2.48. The molecule has 0 aliphatic carbocycles. The zero-order valence-corrected chi connectivity index (χ0v) is 24.4. The number of carbonyl (C=O) groups excluding carboxylic acids is 2. The number of pyridine rings is 1. The molecule has 2 amide bonds. The maximum atomic E-state index is 13.0. The standard InChI is InChI=1S/C32H37N5O5/c1-21(2)36-19-25(20-36)22-6-8-23(9-7-22)31(38)35-30-17-26(10-12-34-30)42-29-16-24-11-13-37(32(39)33-3)27(24)18-28(29)41-15-5-14-40-4/h6-13,16-18,21,25H,5,14-15,19-20H2,1-4H3,(H,33,39)(H,34,35,38). The Morgan fingerprint density at radius 1 is 1.02 bits per heavy atom. The molecule has 220 valence electrons. The minimum atomic E-state index is -0.256. The molecule has 0 saturated carbocycles. The number of likely N-dealkylation sites (tertiary alicyclic amines) is 1. The maximum Gasteiger partial charge on any atom is 0.325 e. The van der Waals surface area contributed by atoms with E-state index < -0.39 is 0 Å². The summed E-state index contributed by atoms with van der Waals surface area (Å²) < 4.78 is 18.9. The molecule has 2 aromatic heterocycles. The number of carbonyl (C=O) groups is 2. The molecule has 10 nitrogen and oxygen atoms in total. The quantitative estimate of drug-likeness (QED) is 0.229. The number of hydrogen-bond donors (Lipinski definition) is 2. The minimum Gasteiger partial charge on any atom is -0.490 e. The number of aromatic nitrogens is 2. The van der Waals surface area contributed by atoms with Gasteiger partial charge in [-0.2, -0.15) is 0 Å². The average molecular weight is 572 g/mol. The van der Waals surface area contributed by atoms with Gasteiger partial charge in [-0.05, 0) is 49.7 Å². The molecule has 1 saturated heterocycles. The zero-order chi connectivity index (χ0) is 29.6. The Balaban J connectivity index is 1.30. The van der Waals surface area contributed by atoms with Crippen LogP contribution in [0.1, 0.15) is 42.1 Å². The summed E-state index contributed by atoms with van der Waals surface area (Å²) in [5.74, 6) is 2.05. The molecule has 42 heavy (non-hydrogen) atoms. The number of nitrogens with one attached hydrogen (secondary N) is 2. The normalized spacial score (nSPS) is 13.6. The van der Waals surface area contributed by atoms with Gasteiger partial charge in [0.1, 0.15) is 11.6 Å². The number of amides is 2. The van der Waals surface area contributed by atoms with Crippen molar-refractivity contribution in [1.29, 1.82) is 0 Å². The second-order valence-corrected chi connectivity index (χ2v) is 10.6. The molecule has 0 radical (unpaired) electrons. The predicted octanol–water partition coefficient (Wildman–Crippen LogP) is 5.49. The van der Waals surface area contributed by atoms with Gasteiger partial charge in [-0.15, -0.1) is 0 Å². The van der Waals surface area contributed by atoms with Crippen molar-refractivity contribution in [2.24, 2.45) is 0 Å². The number of nitrogens with zero attached hydrogens (tertiary/aromatic N) is 3. The fourth-order valence-corrected chi connectivity index (χ4v) is 4.93. The number of ether oxygens (including phenoxy) is 3. The maximum absolute atomic E-state index is 13.0. The number of fused-ring (bicyclic) bond motifs is 1. The highest BCUT2D eigenvalue weighted by Gasteiger charge is 2.29. The Bertz CT molecular complexity index is 1540. The van der Waals surface area contributed by atoms with E-state index in [1.807, 2.05) is 36.4 Å². The molecule has 1 aliphatic rings. The molecule has 0 spiro atoms. The third-order valence-corrected chi connectivity index (χ3v) is 7.42. The van der Waals surface area contributed by atoms with Gasteiger partial charge in [0.05, 0.1) is 12.1 Å². The minimum absolute atomic E-state index is 0.247. The fraction of sp³-hybridized carbons (Fsp3) is 0.344. The second-order valence-electron chi connectivity index (χ2n) is 10.6. The van der Waals surface area contributed by atoms with Crippen LogP contribution < -0.4 is 20.1 Å². The highest BCUT2D eigenvalue weighted by atomic mass is 16.5. The number of hydrogen-bond acceptors (Lipinski definition) is 7. The zero-order valence-electron chi connectivity index (χ0n) is 24.4. The summed E-state index contributed by atoms with van der Waals surface area (Å²) in [6.07, 6.45) is 3.96. The first-order valence-electron chi connectivity index (χ1n) is 14.1. The Morgan fingerprint density at radius 3 is 2.52 bits per heavy atom. The van der Waals surface area contributed by atoms with Crippen LogP contribution in [0.5, 0.6) is 17.2 Å². The number of anilines is 1. The third-order valence-electron chi connectivity index (χ3n) is 7.42. The van der Waals surface area contributed by atoms with Gasteiger partial charge in [-0.25, -0.2) is 9.78 Å². The molecule has 10 heteroatoms. The van der Waals surface area contributed by atoms with Gasteiger partial charge in [-0.3, -0.25) is 14.3 Å². The lowest BCUT2D eigenvalue weighted by Gasteiger charge is -2.42. The molecular weight excluding hydrogens is 534 g/mol. The highest BCUT2D eigenvalue weighted by molar-refractivity contribution is 6.03. The van der Waals surface area contributed by atoms with Crippen LogP contribution in [0.3, 0.4) is 0 Å². The molecule has 2 aromatic carbocycles. The van der Waals surface area contributed by atoms with Gasteiger partial charge in [0, 0.05) is 87.7 Å². The van der Waals surface area contributed by atoms with E-state index in [1.54, 1.807) is 44.8 Å². The molecule has 0 atom stereocenters. The Hall–Kier alpha value is -4.41. The summed E-state index contributed by atoms with van der Waals surface area (Å²) in [5.41, 5.74) is 2.50. The molecule has 1 fully saturated rings. The number of methoxy groups -OCH3 is 1. The SMILES string of the molecule is CNC(=O)n1ccc2cc(Oc3ccnc(NC(=O)c4ccc(C5CN(C(C)C)C5)cc4)c3)c(OCCCOC)cc21. The lowest BCUT2D eigenvalue weighted by molar-refractivity contribution is 0.102. The van der Waals surface area contributed by atoms with Gasteiger partial charge < -0.3 is 24.8 Å². The van der Waals surface area contributed by atoms with Gasteiger partial charge in [0.15, 0.2) is 11.5 Å². The van der Waals surface area contributed by atoms with Crippen molar-refractivity contribution in [2.45, 2.75) is 32.2 Å². The van der Waals surface area contributed by atoms with E-state index in [-0.39, 0.29) is 11.9 Å². The first-order chi connectivity index (χ1) is 20.4. The van der Waals surface area contributed by atoms with E-state index in [9.17, 15) is 9.59 Å². The van der Waals surface area contributed by atoms with Gasteiger partial charge in [0.25, 0.3) is 5.91 Å². The van der Waals surface area contributed by atoms with Crippen LogP contribution >= 0.6 is 0 Å². The summed E-state index contributed by atoms with van der Waals surface area (Å²) in [5, 5.41) is 6.31. The predicted molar refractivity (Wildman–Crippen MR) is 162 cm³/mol. The summed E-state index contributed by atoms with van der Waals surface area (Å²) in [4.78, 5) is 32.0. The Morgan fingerprint density at radius 2 is 1.81 bits per heavy atom. The third kappa shape index (κ3) is 6.56. The Kier molecular flexibility index (Phi) is 9.04. The summed E-state index contributed by atoms with van der Waals surface area (Å²) in [6.45, 7) is 7.48. The second kappa shape index (κ2) is 13.1. The first kappa shape index (κ1) is 29.1. The van der Waals surface area contributed by atoms with E-state index in [0.29, 0.717) is 65.7 Å². The van der Waals surface area contributed by atoms with Crippen LogP contribution in [0.4, 0.5) is 10.6 Å². The average Bonchev–Trinajstić information content (AvgIpc) is 3.37. The van der Waals surface area contributed by atoms with Crippen LogP contribution in [-0.2, 0) is 4.74 Å². The van der Waals surface area contributed by atoms with Crippen LogP contribution in [0.2, 0.25) is 0 Å². The van der Waals surface area contributed by atoms with Crippen molar-refractivity contribution >= 4 is 28.7 Å². The molecule has 0 bridgehead atoms. The summed E-state index contributed by atoms with van der Waals surface area (Å²) in [7, 11) is 3.22. The molecule has 2 N–H and O–H groups in total. The van der Waals surface area contributed by atoms with Crippen LogP contribution in [-0.4, -0.2) is 72.9 Å².